The molecule has 2 atom stereocenters. The lowest BCUT2D eigenvalue weighted by Gasteiger charge is -2.38. The average Bonchev–Trinajstić information content (AvgIpc) is 2.48. The fraction of sp³-hybridized carbons (Fsp3) is 0.647. The molecule has 112 valence electrons. The first-order valence-corrected chi connectivity index (χ1v) is 7.85. The maximum Gasteiger partial charge on any atom is 0.119 e. The predicted octanol–water partition coefficient (Wildman–Crippen LogP) is 3.43. The molecular weight excluding hydrogens is 248 g/mol. The molecule has 0 bridgehead atoms. The van der Waals surface area contributed by atoms with E-state index in [1.807, 2.05) is 0 Å². The molecular formula is C17H28N2O. The van der Waals surface area contributed by atoms with E-state index in [-0.39, 0.29) is 0 Å². The Hall–Kier alpha value is -1.22. The number of ether oxygens (including phenoxy) is 1. The number of nitrogens with two attached hydrogens (primary N) is 1. The lowest BCUT2D eigenvalue weighted by Crippen LogP contribution is -2.39. The highest BCUT2D eigenvalue weighted by Crippen LogP contribution is 2.31. The van der Waals surface area contributed by atoms with Crippen LogP contribution in [-0.2, 0) is 0 Å². The summed E-state index contributed by atoms with van der Waals surface area (Å²) in [5.74, 6) is 1.76. The van der Waals surface area contributed by atoms with Gasteiger partial charge in [-0.2, -0.15) is 0 Å². The van der Waals surface area contributed by atoms with Crippen molar-refractivity contribution in [1.29, 1.82) is 0 Å². The number of nitrogens with zero attached hydrogens (tertiary/aromatic N) is 1. The Morgan fingerprint density at radius 1 is 1.25 bits per heavy atom. The third-order valence-electron chi connectivity index (χ3n) is 4.36. The topological polar surface area (TPSA) is 38.5 Å². The van der Waals surface area contributed by atoms with E-state index in [4.69, 9.17) is 10.5 Å². The van der Waals surface area contributed by atoms with Crippen LogP contribution >= 0.6 is 0 Å². The first kappa shape index (κ1) is 15.2. The minimum absolute atomic E-state index is 0.665. The second-order valence-corrected chi connectivity index (χ2v) is 5.96. The van der Waals surface area contributed by atoms with Crippen LogP contribution < -0.4 is 15.4 Å². The number of methoxy groups -OCH3 is 1. The zero-order chi connectivity index (χ0) is 14.4. The molecule has 3 heteroatoms. The summed E-state index contributed by atoms with van der Waals surface area (Å²) in [6.45, 7) is 4.19. The molecule has 1 aliphatic rings. The van der Waals surface area contributed by atoms with Gasteiger partial charge in [0.2, 0.25) is 0 Å². The van der Waals surface area contributed by atoms with Crippen molar-refractivity contribution >= 4 is 5.69 Å². The molecule has 1 saturated carbocycles. The van der Waals surface area contributed by atoms with Crippen molar-refractivity contribution in [2.45, 2.75) is 45.1 Å². The Morgan fingerprint density at radius 2 is 2.00 bits per heavy atom. The Bertz CT molecular complexity index is 390. The third-order valence-corrected chi connectivity index (χ3v) is 4.36. The molecule has 1 aromatic rings. The molecule has 2 unspecified atom stereocenters. The van der Waals surface area contributed by atoms with Crippen LogP contribution in [0.1, 0.15) is 39.0 Å². The lowest BCUT2D eigenvalue weighted by molar-refractivity contribution is 0.328. The zero-order valence-corrected chi connectivity index (χ0v) is 12.8. The molecule has 0 radical (unpaired) electrons. The van der Waals surface area contributed by atoms with Gasteiger partial charge in [0.25, 0.3) is 0 Å². The van der Waals surface area contributed by atoms with E-state index in [0.717, 1.165) is 31.2 Å². The Morgan fingerprint density at radius 3 is 2.60 bits per heavy atom. The molecule has 0 amide bonds. The van der Waals surface area contributed by atoms with E-state index in [1.54, 1.807) is 7.11 Å². The average molecular weight is 276 g/mol. The maximum absolute atomic E-state index is 5.71. The summed E-state index contributed by atoms with van der Waals surface area (Å²) in [6.07, 6.45) is 6.39. The molecule has 2 rings (SSSR count). The van der Waals surface area contributed by atoms with Gasteiger partial charge in [-0.1, -0.05) is 19.8 Å². The summed E-state index contributed by atoms with van der Waals surface area (Å²) >= 11 is 0. The fourth-order valence-corrected chi connectivity index (χ4v) is 3.24. The fourth-order valence-electron chi connectivity index (χ4n) is 3.24. The van der Waals surface area contributed by atoms with E-state index in [2.05, 4.69) is 36.1 Å². The Balaban J connectivity index is 2.12. The summed E-state index contributed by atoms with van der Waals surface area (Å²) in [5.41, 5.74) is 7.01. The molecule has 0 aliphatic heterocycles. The van der Waals surface area contributed by atoms with Gasteiger partial charge < -0.3 is 15.4 Å². The van der Waals surface area contributed by atoms with Crippen LogP contribution in [0.5, 0.6) is 5.75 Å². The molecule has 2 N–H and O–H groups in total. The molecule has 1 fully saturated rings. The van der Waals surface area contributed by atoms with E-state index in [0.29, 0.717) is 6.04 Å². The number of hydrogen-bond acceptors (Lipinski definition) is 3. The van der Waals surface area contributed by atoms with Gasteiger partial charge in [-0.15, -0.1) is 0 Å². The molecule has 1 aromatic carbocycles. The van der Waals surface area contributed by atoms with E-state index in [9.17, 15) is 0 Å². The number of hydrogen-bond donors (Lipinski definition) is 1. The van der Waals surface area contributed by atoms with Crippen molar-refractivity contribution in [3.05, 3.63) is 24.3 Å². The number of rotatable bonds is 6. The molecule has 0 heterocycles. The summed E-state index contributed by atoms with van der Waals surface area (Å²) in [6, 6.07) is 9.12. The molecule has 0 aromatic heterocycles. The van der Waals surface area contributed by atoms with Gasteiger partial charge >= 0.3 is 0 Å². The van der Waals surface area contributed by atoms with Crippen LogP contribution in [0, 0.1) is 5.92 Å². The monoisotopic (exact) mass is 276 g/mol. The highest BCUT2D eigenvalue weighted by Gasteiger charge is 2.24. The highest BCUT2D eigenvalue weighted by atomic mass is 16.5. The molecule has 0 spiro atoms. The minimum atomic E-state index is 0.665. The van der Waals surface area contributed by atoms with Gasteiger partial charge in [0.15, 0.2) is 0 Å². The van der Waals surface area contributed by atoms with Crippen LogP contribution in [0.4, 0.5) is 5.69 Å². The van der Waals surface area contributed by atoms with Crippen LogP contribution in [0.3, 0.4) is 0 Å². The lowest BCUT2D eigenvalue weighted by atomic mass is 9.86. The largest absolute Gasteiger partial charge is 0.497 e. The maximum atomic E-state index is 5.71. The summed E-state index contributed by atoms with van der Waals surface area (Å²) in [4.78, 5) is 2.56. The zero-order valence-electron chi connectivity index (χ0n) is 12.8. The summed E-state index contributed by atoms with van der Waals surface area (Å²) in [7, 11) is 1.71. The number of anilines is 1. The summed E-state index contributed by atoms with van der Waals surface area (Å²) < 4.78 is 5.25. The first-order valence-electron chi connectivity index (χ1n) is 7.85. The van der Waals surface area contributed by atoms with Crippen LogP contribution in [0.2, 0.25) is 0 Å². The minimum Gasteiger partial charge on any atom is -0.497 e. The molecule has 3 nitrogen and oxygen atoms in total. The summed E-state index contributed by atoms with van der Waals surface area (Å²) in [5, 5.41) is 0. The molecule has 20 heavy (non-hydrogen) atoms. The molecule has 1 aliphatic carbocycles. The van der Waals surface area contributed by atoms with Gasteiger partial charge in [0.1, 0.15) is 5.75 Å². The predicted molar refractivity (Wildman–Crippen MR) is 85.4 cm³/mol. The Kier molecular flexibility index (Phi) is 5.72. The van der Waals surface area contributed by atoms with Crippen LogP contribution in [0.25, 0.3) is 0 Å². The quantitative estimate of drug-likeness (QED) is 0.865. The van der Waals surface area contributed by atoms with Crippen molar-refractivity contribution in [3.8, 4) is 5.75 Å². The smallest absolute Gasteiger partial charge is 0.119 e. The van der Waals surface area contributed by atoms with Gasteiger partial charge in [0.05, 0.1) is 7.11 Å². The second-order valence-electron chi connectivity index (χ2n) is 5.96. The van der Waals surface area contributed by atoms with Crippen molar-refractivity contribution in [2.75, 3.05) is 25.1 Å². The van der Waals surface area contributed by atoms with E-state index < -0.39 is 0 Å². The van der Waals surface area contributed by atoms with E-state index >= 15 is 0 Å². The van der Waals surface area contributed by atoms with Crippen molar-refractivity contribution in [1.82, 2.24) is 0 Å². The SMILES string of the molecule is COc1ccc(N(CCCN)C2CCCC(C)C2)cc1. The van der Waals surface area contributed by atoms with Crippen LogP contribution in [0.15, 0.2) is 24.3 Å². The third kappa shape index (κ3) is 3.89. The van der Waals surface area contributed by atoms with Crippen LogP contribution in [-0.4, -0.2) is 26.2 Å². The van der Waals surface area contributed by atoms with Gasteiger partial charge in [-0.05, 0) is 56.0 Å². The second kappa shape index (κ2) is 7.53. The Labute approximate surface area is 123 Å². The first-order chi connectivity index (χ1) is 9.74. The number of benzene rings is 1. The van der Waals surface area contributed by atoms with Crippen molar-refractivity contribution in [3.63, 3.8) is 0 Å². The standard InChI is InChI=1S/C17H28N2O/c1-14-5-3-6-16(13-14)19(12-4-11-18)15-7-9-17(20-2)10-8-15/h7-10,14,16H,3-6,11-13,18H2,1-2H3. The van der Waals surface area contributed by atoms with Gasteiger partial charge in [-0.25, -0.2) is 0 Å². The molecule has 0 saturated heterocycles. The van der Waals surface area contributed by atoms with E-state index in [1.165, 1.54) is 31.4 Å². The van der Waals surface area contributed by atoms with Crippen molar-refractivity contribution < 1.29 is 4.74 Å². The highest BCUT2D eigenvalue weighted by molar-refractivity contribution is 5.50. The van der Waals surface area contributed by atoms with Gasteiger partial charge in [0, 0.05) is 18.3 Å². The van der Waals surface area contributed by atoms with Gasteiger partial charge in [-0.3, -0.25) is 0 Å². The normalized spacial score (nSPS) is 22.6. The van der Waals surface area contributed by atoms with Crippen molar-refractivity contribution in [2.24, 2.45) is 11.7 Å².